The van der Waals surface area contributed by atoms with Gasteiger partial charge in [0.05, 0.1) is 6.04 Å². The van der Waals surface area contributed by atoms with Crippen molar-refractivity contribution in [2.24, 2.45) is 5.73 Å². The third-order valence-electron chi connectivity index (χ3n) is 1.77. The largest absolute Gasteiger partial charge is 0.325 e. The van der Waals surface area contributed by atoms with Crippen molar-refractivity contribution in [3.8, 4) is 0 Å². The SMILES string of the molecule is C[C@H](N)C(=O)Cc1c[nH]c(=O)[nH]c1=O. The van der Waals surface area contributed by atoms with Crippen molar-refractivity contribution in [2.75, 3.05) is 0 Å². The zero-order chi connectivity index (χ0) is 10.7. The molecule has 14 heavy (non-hydrogen) atoms. The Hall–Kier alpha value is -1.69. The lowest BCUT2D eigenvalue weighted by Gasteiger charge is -2.02. The van der Waals surface area contributed by atoms with Crippen LogP contribution in [0.1, 0.15) is 12.5 Å². The van der Waals surface area contributed by atoms with E-state index >= 15 is 0 Å². The van der Waals surface area contributed by atoms with E-state index in [1.807, 2.05) is 4.98 Å². The lowest BCUT2D eigenvalue weighted by molar-refractivity contribution is -0.119. The van der Waals surface area contributed by atoms with Crippen molar-refractivity contribution in [1.82, 2.24) is 9.97 Å². The molecule has 0 aliphatic heterocycles. The van der Waals surface area contributed by atoms with Crippen molar-refractivity contribution >= 4 is 5.78 Å². The first kappa shape index (κ1) is 10.4. The summed E-state index contributed by atoms with van der Waals surface area (Å²) in [5, 5.41) is 0. The first-order valence-corrected chi connectivity index (χ1v) is 4.10. The maximum atomic E-state index is 11.2. The maximum Gasteiger partial charge on any atom is 0.325 e. The first-order valence-electron chi connectivity index (χ1n) is 4.10. The number of aromatic nitrogens is 2. The van der Waals surface area contributed by atoms with Crippen LogP contribution in [-0.4, -0.2) is 21.8 Å². The van der Waals surface area contributed by atoms with Gasteiger partial charge in [0, 0.05) is 18.2 Å². The van der Waals surface area contributed by atoms with Crippen molar-refractivity contribution in [3.05, 3.63) is 32.6 Å². The highest BCUT2D eigenvalue weighted by atomic mass is 16.2. The highest BCUT2D eigenvalue weighted by Gasteiger charge is 2.11. The van der Waals surface area contributed by atoms with E-state index in [9.17, 15) is 14.4 Å². The number of hydrogen-bond donors (Lipinski definition) is 3. The van der Waals surface area contributed by atoms with Gasteiger partial charge in [0.25, 0.3) is 5.56 Å². The van der Waals surface area contributed by atoms with E-state index in [1.54, 1.807) is 6.92 Å². The lowest BCUT2D eigenvalue weighted by atomic mass is 10.1. The van der Waals surface area contributed by atoms with Crippen LogP contribution in [0.3, 0.4) is 0 Å². The number of carbonyl (C=O) groups is 1. The second-order valence-electron chi connectivity index (χ2n) is 3.03. The van der Waals surface area contributed by atoms with Crippen LogP contribution in [0.4, 0.5) is 0 Å². The Kier molecular flexibility index (Phi) is 2.98. The minimum absolute atomic E-state index is 0.0657. The van der Waals surface area contributed by atoms with Crippen molar-refractivity contribution in [3.63, 3.8) is 0 Å². The second kappa shape index (κ2) is 4.01. The molecule has 0 saturated carbocycles. The molecule has 0 aliphatic carbocycles. The molecule has 4 N–H and O–H groups in total. The summed E-state index contributed by atoms with van der Waals surface area (Å²) in [5.41, 5.74) is 4.40. The zero-order valence-corrected chi connectivity index (χ0v) is 7.66. The van der Waals surface area contributed by atoms with Crippen molar-refractivity contribution < 1.29 is 4.79 Å². The minimum Gasteiger partial charge on any atom is -0.322 e. The number of Topliss-reactive ketones (excluding diaryl/α,β-unsaturated/α-hetero) is 1. The molecular weight excluding hydrogens is 186 g/mol. The molecule has 6 heteroatoms. The van der Waals surface area contributed by atoms with Crippen LogP contribution < -0.4 is 17.0 Å². The van der Waals surface area contributed by atoms with Crippen molar-refractivity contribution in [1.29, 1.82) is 0 Å². The zero-order valence-electron chi connectivity index (χ0n) is 7.66. The summed E-state index contributed by atoms with van der Waals surface area (Å²) < 4.78 is 0. The van der Waals surface area contributed by atoms with Gasteiger partial charge >= 0.3 is 5.69 Å². The molecule has 0 unspecified atom stereocenters. The monoisotopic (exact) mass is 197 g/mol. The van der Waals surface area contributed by atoms with Gasteiger partial charge in [0.2, 0.25) is 0 Å². The second-order valence-corrected chi connectivity index (χ2v) is 3.03. The molecule has 76 valence electrons. The highest BCUT2D eigenvalue weighted by molar-refractivity contribution is 5.85. The number of carbonyl (C=O) groups excluding carboxylic acids is 1. The predicted octanol–water partition coefficient (Wildman–Crippen LogP) is -1.48. The van der Waals surface area contributed by atoms with Gasteiger partial charge in [-0.3, -0.25) is 14.6 Å². The maximum absolute atomic E-state index is 11.2. The Labute approximate surface area is 79.2 Å². The Morgan fingerprint density at radius 1 is 1.57 bits per heavy atom. The van der Waals surface area contributed by atoms with E-state index in [2.05, 4.69) is 4.98 Å². The van der Waals surface area contributed by atoms with Crippen molar-refractivity contribution in [2.45, 2.75) is 19.4 Å². The fourth-order valence-corrected chi connectivity index (χ4v) is 0.918. The Balaban J connectivity index is 2.94. The van der Waals surface area contributed by atoms with Crippen LogP contribution in [0.5, 0.6) is 0 Å². The van der Waals surface area contributed by atoms with E-state index in [1.165, 1.54) is 6.20 Å². The average Bonchev–Trinajstić information content (AvgIpc) is 2.09. The van der Waals surface area contributed by atoms with E-state index in [4.69, 9.17) is 5.73 Å². The van der Waals surface area contributed by atoms with E-state index < -0.39 is 17.3 Å². The lowest BCUT2D eigenvalue weighted by Crippen LogP contribution is -2.32. The van der Waals surface area contributed by atoms with Gasteiger partial charge < -0.3 is 10.7 Å². The average molecular weight is 197 g/mol. The van der Waals surface area contributed by atoms with Gasteiger partial charge in [-0.05, 0) is 6.92 Å². The van der Waals surface area contributed by atoms with Crippen LogP contribution in [0.2, 0.25) is 0 Å². The van der Waals surface area contributed by atoms with Crippen LogP contribution in [-0.2, 0) is 11.2 Å². The predicted molar refractivity (Wildman–Crippen MR) is 50.0 cm³/mol. The molecule has 1 rings (SSSR count). The van der Waals surface area contributed by atoms with Gasteiger partial charge in [0.15, 0.2) is 5.78 Å². The molecule has 6 nitrogen and oxygen atoms in total. The number of H-pyrrole nitrogens is 2. The number of ketones is 1. The third-order valence-corrected chi connectivity index (χ3v) is 1.77. The van der Waals surface area contributed by atoms with Crippen LogP contribution in [0.25, 0.3) is 0 Å². The molecule has 0 fully saturated rings. The molecule has 0 saturated heterocycles. The smallest absolute Gasteiger partial charge is 0.322 e. The quantitative estimate of drug-likeness (QED) is 0.549. The standard InChI is InChI=1S/C8H11N3O3/c1-4(9)6(12)2-5-3-10-8(14)11-7(5)13/h3-4H,2,9H2,1H3,(H2,10,11,13,14)/t4-/m0/s1. The molecule has 0 bridgehead atoms. The molecular formula is C8H11N3O3. The molecule has 0 aliphatic rings. The van der Waals surface area contributed by atoms with Crippen LogP contribution in [0.15, 0.2) is 15.8 Å². The van der Waals surface area contributed by atoms with Gasteiger partial charge in [-0.15, -0.1) is 0 Å². The Morgan fingerprint density at radius 3 is 2.71 bits per heavy atom. The molecule has 0 amide bonds. The molecule has 1 heterocycles. The Bertz CT molecular complexity index is 444. The fourth-order valence-electron chi connectivity index (χ4n) is 0.918. The number of rotatable bonds is 3. The molecule has 1 aromatic heterocycles. The fraction of sp³-hybridized carbons (Fsp3) is 0.375. The summed E-state index contributed by atoms with van der Waals surface area (Å²) in [6.45, 7) is 1.54. The summed E-state index contributed by atoms with van der Waals surface area (Å²) in [6, 6.07) is -0.610. The van der Waals surface area contributed by atoms with Crippen LogP contribution in [0, 0.1) is 0 Å². The first-order chi connectivity index (χ1) is 6.50. The third kappa shape index (κ3) is 2.40. The van der Waals surface area contributed by atoms with Gasteiger partial charge in [-0.25, -0.2) is 4.79 Å². The topological polar surface area (TPSA) is 109 Å². The van der Waals surface area contributed by atoms with Gasteiger partial charge in [-0.2, -0.15) is 0 Å². The van der Waals surface area contributed by atoms with Gasteiger partial charge in [-0.1, -0.05) is 0 Å². The summed E-state index contributed by atoms with van der Waals surface area (Å²) in [4.78, 5) is 37.3. The molecule has 0 aromatic carbocycles. The number of nitrogens with one attached hydrogen (secondary N) is 2. The number of hydrogen-bond acceptors (Lipinski definition) is 4. The normalized spacial score (nSPS) is 12.4. The van der Waals surface area contributed by atoms with Gasteiger partial charge in [0.1, 0.15) is 0 Å². The molecule has 1 atom stereocenters. The minimum atomic E-state index is -0.610. The Morgan fingerprint density at radius 2 is 2.21 bits per heavy atom. The summed E-state index contributed by atoms with van der Waals surface area (Å²) >= 11 is 0. The summed E-state index contributed by atoms with van der Waals surface area (Å²) in [6.07, 6.45) is 1.16. The van der Waals surface area contributed by atoms with E-state index in [0.717, 1.165) is 0 Å². The molecule has 0 spiro atoms. The number of nitrogens with two attached hydrogens (primary N) is 1. The molecule has 0 radical (unpaired) electrons. The van der Waals surface area contributed by atoms with E-state index in [0.29, 0.717) is 0 Å². The summed E-state index contributed by atoms with van der Waals surface area (Å²) in [5.74, 6) is -0.248. The number of aromatic amines is 2. The summed E-state index contributed by atoms with van der Waals surface area (Å²) in [7, 11) is 0. The van der Waals surface area contributed by atoms with E-state index in [-0.39, 0.29) is 17.8 Å². The highest BCUT2D eigenvalue weighted by Crippen LogP contribution is 1.91. The molecule has 1 aromatic rings. The van der Waals surface area contributed by atoms with Crippen LogP contribution >= 0.6 is 0 Å².